The van der Waals surface area contributed by atoms with Crippen LogP contribution in [0.15, 0.2) is 267 Å². The second-order valence-corrected chi connectivity index (χ2v) is 22.7. The lowest BCUT2D eigenvalue weighted by Crippen LogP contribution is -2.18. The number of allylic oxidation sites excluding steroid dienone is 4. The van der Waals surface area contributed by atoms with Crippen LogP contribution in [0.5, 0.6) is 0 Å². The summed E-state index contributed by atoms with van der Waals surface area (Å²) in [5.74, 6) is 0. The summed E-state index contributed by atoms with van der Waals surface area (Å²) in [6.07, 6.45) is 6.86. The van der Waals surface area contributed by atoms with E-state index in [0.29, 0.717) is 6.54 Å². The van der Waals surface area contributed by atoms with Crippen molar-refractivity contribution in [2.45, 2.75) is 0 Å². The number of anilines is 2. The number of benzene rings is 11. The Morgan fingerprint density at radius 1 is 0.333 bits per heavy atom. The van der Waals surface area contributed by atoms with Gasteiger partial charge in [0.25, 0.3) is 0 Å². The molecule has 1 aliphatic heterocycles. The molecule has 366 valence electrons. The first-order valence-electron chi connectivity index (χ1n) is 26.6. The second-order valence-electron chi connectivity index (χ2n) is 20.5. The lowest BCUT2D eigenvalue weighted by atomic mass is 9.97. The Bertz CT molecular complexity index is 5000. The van der Waals surface area contributed by atoms with Gasteiger partial charge in [-0.1, -0.05) is 152 Å². The van der Waals surface area contributed by atoms with Gasteiger partial charge in [-0.15, -0.1) is 22.7 Å². The number of thiophene rings is 2. The molecule has 11 aromatic carbocycles. The highest BCUT2D eigenvalue weighted by Gasteiger charge is 2.20. The molecule has 0 saturated heterocycles. The molecule has 1 aliphatic rings. The third kappa shape index (κ3) is 7.16. The van der Waals surface area contributed by atoms with Gasteiger partial charge >= 0.3 is 0 Å². The van der Waals surface area contributed by atoms with Gasteiger partial charge in [-0.3, -0.25) is 0 Å². The Kier molecular flexibility index (Phi) is 10.2. The third-order valence-corrected chi connectivity index (χ3v) is 18.4. The standard InChI is InChI=1S/C73H47N3S2/c1-46-39-47(18-14-38-74(65-25-7-2-20-56(46)65)53-19-13-17-50(41-53)48-15-12-16-49(40-48)52-31-35-71-62(43-52)60-24-6-11-29-70(60)77-71)51-30-34-69-61(42-51)59-23-5-10-28-68(59)76(69)55-33-37-73-64(45-55)63-44-54(32-36-72(63)78-73)75-66-26-8-3-21-57(66)58-22-4-9-27-67(58)75/h2-37,39-45H,1,38H2/b18-14-,47-39+. The minimum atomic E-state index is 0.682. The summed E-state index contributed by atoms with van der Waals surface area (Å²) in [6.45, 7) is 5.42. The molecule has 0 fully saturated rings. The highest BCUT2D eigenvalue weighted by atomic mass is 32.1. The molecule has 0 saturated carbocycles. The van der Waals surface area contributed by atoms with Crippen molar-refractivity contribution in [2.24, 2.45) is 0 Å². The molecule has 0 atom stereocenters. The van der Waals surface area contributed by atoms with Crippen molar-refractivity contribution in [1.82, 2.24) is 9.13 Å². The molecule has 5 heterocycles. The quantitative estimate of drug-likeness (QED) is 0.162. The molecule has 0 unspecified atom stereocenters. The highest BCUT2D eigenvalue weighted by Crippen LogP contribution is 2.43. The van der Waals surface area contributed by atoms with E-state index in [1.54, 1.807) is 0 Å². The lowest BCUT2D eigenvalue weighted by Gasteiger charge is -2.26. The second kappa shape index (κ2) is 17.8. The maximum Gasteiger partial charge on any atom is 0.0541 e. The van der Waals surface area contributed by atoms with E-state index in [1.807, 2.05) is 22.7 Å². The van der Waals surface area contributed by atoms with Crippen molar-refractivity contribution in [3.05, 3.63) is 279 Å². The molecule has 0 N–H and O–H groups in total. The molecule has 0 spiro atoms. The molecular formula is C73H47N3S2. The fourth-order valence-corrected chi connectivity index (χ4v) is 14.6. The molecule has 3 nitrogen and oxygen atoms in total. The molecule has 0 amide bonds. The fraction of sp³-hybridized carbons (Fsp3) is 0.0137. The summed E-state index contributed by atoms with van der Waals surface area (Å²) in [4.78, 5) is 2.42. The zero-order chi connectivity index (χ0) is 51.4. The third-order valence-electron chi connectivity index (χ3n) is 16.1. The number of fused-ring (bicyclic) bond motifs is 13. The molecule has 5 heteroatoms. The van der Waals surface area contributed by atoms with Crippen molar-refractivity contribution in [2.75, 3.05) is 11.4 Å². The first-order valence-corrected chi connectivity index (χ1v) is 28.2. The van der Waals surface area contributed by atoms with Crippen LogP contribution in [0.1, 0.15) is 11.1 Å². The van der Waals surface area contributed by atoms with Crippen LogP contribution in [-0.4, -0.2) is 15.7 Å². The van der Waals surface area contributed by atoms with E-state index in [4.69, 9.17) is 6.58 Å². The van der Waals surface area contributed by atoms with Gasteiger partial charge in [0.15, 0.2) is 0 Å². The van der Waals surface area contributed by atoms with Crippen LogP contribution in [0, 0.1) is 0 Å². The summed E-state index contributed by atoms with van der Waals surface area (Å²) >= 11 is 3.72. The molecule has 16 rings (SSSR count). The van der Waals surface area contributed by atoms with Crippen LogP contribution in [-0.2, 0) is 0 Å². The van der Waals surface area contributed by atoms with Gasteiger partial charge < -0.3 is 14.0 Å². The number of nitrogens with zero attached hydrogens (tertiary/aromatic N) is 3. The normalized spacial score (nSPS) is 14.2. The van der Waals surface area contributed by atoms with Crippen molar-refractivity contribution in [3.8, 4) is 33.6 Å². The number of rotatable bonds is 6. The van der Waals surface area contributed by atoms with Crippen molar-refractivity contribution in [1.29, 1.82) is 0 Å². The van der Waals surface area contributed by atoms with Gasteiger partial charge in [-0.05, 0) is 154 Å². The van der Waals surface area contributed by atoms with E-state index in [-0.39, 0.29) is 0 Å². The van der Waals surface area contributed by atoms with E-state index in [2.05, 4.69) is 275 Å². The minimum Gasteiger partial charge on any atom is -0.337 e. The van der Waals surface area contributed by atoms with Gasteiger partial charge in [0.05, 0.1) is 22.1 Å². The average molecular weight is 1030 g/mol. The number of hydrogen-bond acceptors (Lipinski definition) is 3. The predicted octanol–water partition coefficient (Wildman–Crippen LogP) is 20.8. The molecule has 15 aromatic rings. The van der Waals surface area contributed by atoms with Crippen LogP contribution in [0.25, 0.3) is 129 Å². The van der Waals surface area contributed by atoms with E-state index in [0.717, 1.165) is 39.3 Å². The van der Waals surface area contributed by atoms with Gasteiger partial charge in [0, 0.05) is 96.7 Å². The first-order chi connectivity index (χ1) is 38.6. The molecule has 78 heavy (non-hydrogen) atoms. The number of hydrogen-bond donors (Lipinski definition) is 0. The largest absolute Gasteiger partial charge is 0.337 e. The summed E-state index contributed by atoms with van der Waals surface area (Å²) in [5, 5.41) is 10.2. The van der Waals surface area contributed by atoms with Crippen LogP contribution >= 0.6 is 22.7 Å². The van der Waals surface area contributed by atoms with Crippen LogP contribution in [0.4, 0.5) is 11.4 Å². The van der Waals surface area contributed by atoms with E-state index >= 15 is 0 Å². The lowest BCUT2D eigenvalue weighted by molar-refractivity contribution is 1.09. The van der Waals surface area contributed by atoms with E-state index < -0.39 is 0 Å². The van der Waals surface area contributed by atoms with Gasteiger partial charge in [-0.25, -0.2) is 0 Å². The molecule has 0 bridgehead atoms. The Balaban J connectivity index is 0.746. The Labute approximate surface area is 459 Å². The van der Waals surface area contributed by atoms with Crippen LogP contribution in [0.3, 0.4) is 0 Å². The summed E-state index contributed by atoms with van der Waals surface area (Å²) < 4.78 is 10.1. The van der Waals surface area contributed by atoms with Crippen molar-refractivity contribution in [3.63, 3.8) is 0 Å². The maximum atomic E-state index is 4.74. The van der Waals surface area contributed by atoms with E-state index in [9.17, 15) is 0 Å². The van der Waals surface area contributed by atoms with Crippen LogP contribution < -0.4 is 4.90 Å². The number of para-hydroxylation sites is 4. The summed E-state index contributed by atoms with van der Waals surface area (Å²) in [6, 6.07) is 89.6. The van der Waals surface area contributed by atoms with Gasteiger partial charge in [-0.2, -0.15) is 0 Å². The van der Waals surface area contributed by atoms with E-state index in [1.165, 1.54) is 112 Å². The molecular weight excluding hydrogens is 983 g/mol. The maximum absolute atomic E-state index is 4.74. The monoisotopic (exact) mass is 1030 g/mol. The zero-order valence-electron chi connectivity index (χ0n) is 42.4. The fourth-order valence-electron chi connectivity index (χ4n) is 12.4. The van der Waals surface area contributed by atoms with Crippen molar-refractivity contribution >= 4 is 129 Å². The average Bonchev–Trinajstić information content (AvgIpc) is 4.29. The SMILES string of the molecule is C=C1/C=C(c2ccc3c(c2)c2ccccc2n3-c2ccc3sc4ccc(-n5c6ccccc6c6ccccc65)cc4c3c2)\C=C/CN(c2cccc(-c3cccc(-c4ccc5sc6ccccc6c5c4)c3)c2)c2ccccc21. The Morgan fingerprint density at radius 2 is 0.821 bits per heavy atom. The first kappa shape index (κ1) is 44.7. The highest BCUT2D eigenvalue weighted by molar-refractivity contribution is 7.26. The molecule has 0 aliphatic carbocycles. The predicted molar refractivity (Wildman–Crippen MR) is 338 cm³/mol. The topological polar surface area (TPSA) is 13.1 Å². The summed E-state index contributed by atoms with van der Waals surface area (Å²) in [7, 11) is 0. The Hall–Kier alpha value is -9.52. The van der Waals surface area contributed by atoms with Gasteiger partial charge in [0.2, 0.25) is 0 Å². The smallest absolute Gasteiger partial charge is 0.0541 e. The number of aromatic nitrogens is 2. The molecule has 4 aromatic heterocycles. The minimum absolute atomic E-state index is 0.682. The molecule has 0 radical (unpaired) electrons. The van der Waals surface area contributed by atoms with Crippen LogP contribution in [0.2, 0.25) is 0 Å². The van der Waals surface area contributed by atoms with Crippen molar-refractivity contribution < 1.29 is 0 Å². The Morgan fingerprint density at radius 3 is 1.50 bits per heavy atom. The zero-order valence-corrected chi connectivity index (χ0v) is 44.0. The summed E-state index contributed by atoms with van der Waals surface area (Å²) in [5.41, 5.74) is 18.5. The van der Waals surface area contributed by atoms with Gasteiger partial charge in [0.1, 0.15) is 0 Å².